The molecule has 1 aromatic rings. The van der Waals surface area contributed by atoms with Crippen molar-refractivity contribution >= 4 is 5.69 Å². The van der Waals surface area contributed by atoms with Gasteiger partial charge in [-0.25, -0.2) is 0 Å². The van der Waals surface area contributed by atoms with Crippen LogP contribution < -0.4 is 10.2 Å². The molecule has 0 aliphatic heterocycles. The second-order valence-electron chi connectivity index (χ2n) is 4.85. The largest absolute Gasteiger partial charge is 0.371 e. The van der Waals surface area contributed by atoms with Crippen LogP contribution in [0.1, 0.15) is 45.1 Å². The summed E-state index contributed by atoms with van der Waals surface area (Å²) in [5.74, 6) is 0. The Bertz CT molecular complexity index is 315. The maximum atomic E-state index is 3.26. The SMILES string of the molecule is CCCCN(CCCC)c1ccccc1CNC. The molecule has 0 aliphatic carbocycles. The lowest BCUT2D eigenvalue weighted by molar-refractivity contribution is 0.672. The van der Waals surface area contributed by atoms with Crippen LogP contribution in [0.2, 0.25) is 0 Å². The van der Waals surface area contributed by atoms with Crippen LogP contribution in [0, 0.1) is 0 Å². The molecule has 0 radical (unpaired) electrons. The molecule has 0 aliphatic rings. The normalized spacial score (nSPS) is 10.6. The number of benzene rings is 1. The van der Waals surface area contributed by atoms with Crippen LogP contribution in [0.5, 0.6) is 0 Å². The Labute approximate surface area is 112 Å². The van der Waals surface area contributed by atoms with Crippen molar-refractivity contribution in [3.63, 3.8) is 0 Å². The summed E-state index contributed by atoms with van der Waals surface area (Å²) in [5.41, 5.74) is 2.82. The Balaban J connectivity index is 2.81. The van der Waals surface area contributed by atoms with Crippen LogP contribution in [-0.2, 0) is 6.54 Å². The Morgan fingerprint density at radius 3 is 2.17 bits per heavy atom. The van der Waals surface area contributed by atoms with Gasteiger partial charge in [-0.3, -0.25) is 0 Å². The Hall–Kier alpha value is -1.02. The quantitative estimate of drug-likeness (QED) is 0.715. The number of anilines is 1. The molecule has 2 heteroatoms. The third-order valence-corrected chi connectivity index (χ3v) is 3.26. The fourth-order valence-electron chi connectivity index (χ4n) is 2.21. The Morgan fingerprint density at radius 1 is 1.00 bits per heavy atom. The van der Waals surface area contributed by atoms with Gasteiger partial charge in [0, 0.05) is 25.3 Å². The molecule has 0 spiro atoms. The lowest BCUT2D eigenvalue weighted by Crippen LogP contribution is -2.27. The van der Waals surface area contributed by atoms with Gasteiger partial charge in [0.05, 0.1) is 0 Å². The van der Waals surface area contributed by atoms with Crippen molar-refractivity contribution < 1.29 is 0 Å². The number of unbranched alkanes of at least 4 members (excludes halogenated alkanes) is 2. The van der Waals surface area contributed by atoms with Crippen LogP contribution in [-0.4, -0.2) is 20.1 Å². The highest BCUT2D eigenvalue weighted by Gasteiger charge is 2.09. The molecular formula is C16H28N2. The number of hydrogen-bond donors (Lipinski definition) is 1. The molecule has 0 atom stereocenters. The summed E-state index contributed by atoms with van der Waals surface area (Å²) in [6.07, 6.45) is 5.07. The molecule has 0 fully saturated rings. The fourth-order valence-corrected chi connectivity index (χ4v) is 2.21. The van der Waals surface area contributed by atoms with E-state index in [-0.39, 0.29) is 0 Å². The van der Waals surface area contributed by atoms with E-state index in [0.29, 0.717) is 0 Å². The molecule has 0 saturated heterocycles. The molecule has 0 amide bonds. The third-order valence-electron chi connectivity index (χ3n) is 3.26. The zero-order valence-electron chi connectivity index (χ0n) is 12.2. The molecule has 0 aromatic heterocycles. The minimum atomic E-state index is 0.949. The Kier molecular flexibility index (Phi) is 7.51. The summed E-state index contributed by atoms with van der Waals surface area (Å²) in [6.45, 7) is 7.83. The van der Waals surface area contributed by atoms with Crippen LogP contribution in [0.15, 0.2) is 24.3 Å². The fraction of sp³-hybridized carbons (Fsp3) is 0.625. The zero-order chi connectivity index (χ0) is 13.2. The van der Waals surface area contributed by atoms with E-state index in [0.717, 1.165) is 6.54 Å². The molecule has 2 nitrogen and oxygen atoms in total. The van der Waals surface area contributed by atoms with Crippen LogP contribution in [0.4, 0.5) is 5.69 Å². The third kappa shape index (κ3) is 4.69. The summed E-state index contributed by atoms with van der Waals surface area (Å²) >= 11 is 0. The highest BCUT2D eigenvalue weighted by Crippen LogP contribution is 2.21. The molecule has 1 rings (SSSR count). The lowest BCUT2D eigenvalue weighted by atomic mass is 10.1. The molecule has 0 heterocycles. The standard InChI is InChI=1S/C16H28N2/c1-4-6-12-18(13-7-5-2)16-11-9-8-10-15(16)14-17-3/h8-11,17H,4-7,12-14H2,1-3H3. The second-order valence-corrected chi connectivity index (χ2v) is 4.85. The predicted octanol–water partition coefficient (Wildman–Crippen LogP) is 3.81. The number of nitrogens with zero attached hydrogens (tertiary/aromatic N) is 1. The first-order valence-corrected chi connectivity index (χ1v) is 7.30. The summed E-state index contributed by atoms with van der Waals surface area (Å²) in [4.78, 5) is 2.56. The van der Waals surface area contributed by atoms with E-state index in [1.54, 1.807) is 0 Å². The van der Waals surface area contributed by atoms with Gasteiger partial charge in [0.2, 0.25) is 0 Å². The van der Waals surface area contributed by atoms with Crippen molar-refractivity contribution in [2.75, 3.05) is 25.0 Å². The van der Waals surface area contributed by atoms with E-state index in [9.17, 15) is 0 Å². The van der Waals surface area contributed by atoms with E-state index >= 15 is 0 Å². The highest BCUT2D eigenvalue weighted by molar-refractivity contribution is 5.53. The van der Waals surface area contributed by atoms with Gasteiger partial charge < -0.3 is 10.2 Å². The van der Waals surface area contributed by atoms with Gasteiger partial charge in [-0.05, 0) is 31.5 Å². The number of para-hydroxylation sites is 1. The number of nitrogens with one attached hydrogen (secondary N) is 1. The van der Waals surface area contributed by atoms with E-state index in [1.165, 1.54) is 50.0 Å². The summed E-state index contributed by atoms with van der Waals surface area (Å²) in [6, 6.07) is 8.78. The van der Waals surface area contributed by atoms with Gasteiger partial charge in [0.15, 0.2) is 0 Å². The molecule has 0 bridgehead atoms. The van der Waals surface area contributed by atoms with E-state index in [4.69, 9.17) is 0 Å². The minimum absolute atomic E-state index is 0.949. The van der Waals surface area contributed by atoms with E-state index in [1.807, 2.05) is 7.05 Å². The van der Waals surface area contributed by atoms with Crippen molar-refractivity contribution in [2.24, 2.45) is 0 Å². The smallest absolute Gasteiger partial charge is 0.0411 e. The minimum Gasteiger partial charge on any atom is -0.371 e. The maximum Gasteiger partial charge on any atom is 0.0411 e. The van der Waals surface area contributed by atoms with Gasteiger partial charge in [0.1, 0.15) is 0 Å². The topological polar surface area (TPSA) is 15.3 Å². The van der Waals surface area contributed by atoms with E-state index < -0.39 is 0 Å². The summed E-state index contributed by atoms with van der Waals surface area (Å²) in [5, 5.41) is 3.26. The summed E-state index contributed by atoms with van der Waals surface area (Å²) in [7, 11) is 2.01. The first kappa shape index (κ1) is 15.0. The van der Waals surface area contributed by atoms with E-state index in [2.05, 4.69) is 48.3 Å². The predicted molar refractivity (Wildman–Crippen MR) is 81.2 cm³/mol. The molecule has 1 N–H and O–H groups in total. The van der Waals surface area contributed by atoms with Crippen molar-refractivity contribution in [3.05, 3.63) is 29.8 Å². The van der Waals surface area contributed by atoms with Crippen molar-refractivity contribution in [1.82, 2.24) is 5.32 Å². The van der Waals surface area contributed by atoms with Crippen LogP contribution >= 0.6 is 0 Å². The highest BCUT2D eigenvalue weighted by atomic mass is 15.1. The van der Waals surface area contributed by atoms with Gasteiger partial charge >= 0.3 is 0 Å². The molecule has 0 unspecified atom stereocenters. The number of rotatable bonds is 9. The molecule has 102 valence electrons. The summed E-state index contributed by atoms with van der Waals surface area (Å²) < 4.78 is 0. The monoisotopic (exact) mass is 248 g/mol. The second kappa shape index (κ2) is 8.98. The maximum absolute atomic E-state index is 3.26. The lowest BCUT2D eigenvalue weighted by Gasteiger charge is -2.27. The first-order valence-electron chi connectivity index (χ1n) is 7.30. The van der Waals surface area contributed by atoms with Crippen molar-refractivity contribution in [3.8, 4) is 0 Å². The first-order chi connectivity index (χ1) is 8.83. The number of hydrogen-bond acceptors (Lipinski definition) is 2. The van der Waals surface area contributed by atoms with Crippen LogP contribution in [0.25, 0.3) is 0 Å². The molecular weight excluding hydrogens is 220 g/mol. The average Bonchev–Trinajstić information content (AvgIpc) is 2.40. The van der Waals surface area contributed by atoms with Crippen molar-refractivity contribution in [1.29, 1.82) is 0 Å². The molecule has 18 heavy (non-hydrogen) atoms. The molecule has 1 aromatic carbocycles. The van der Waals surface area contributed by atoms with Gasteiger partial charge in [-0.15, -0.1) is 0 Å². The van der Waals surface area contributed by atoms with Gasteiger partial charge in [0.25, 0.3) is 0 Å². The molecule has 0 saturated carbocycles. The van der Waals surface area contributed by atoms with Gasteiger partial charge in [-0.2, -0.15) is 0 Å². The van der Waals surface area contributed by atoms with Crippen LogP contribution in [0.3, 0.4) is 0 Å². The Morgan fingerprint density at radius 2 is 1.61 bits per heavy atom. The zero-order valence-corrected chi connectivity index (χ0v) is 12.2. The average molecular weight is 248 g/mol. The van der Waals surface area contributed by atoms with Crippen molar-refractivity contribution in [2.45, 2.75) is 46.1 Å². The van der Waals surface area contributed by atoms with Gasteiger partial charge in [-0.1, -0.05) is 44.9 Å².